The molecule has 2 heteroatoms. The van der Waals surface area contributed by atoms with Gasteiger partial charge in [-0.1, -0.05) is 30.3 Å². The van der Waals surface area contributed by atoms with E-state index in [1.807, 2.05) is 0 Å². The van der Waals surface area contributed by atoms with E-state index in [-0.39, 0.29) is 5.54 Å². The highest BCUT2D eigenvalue weighted by Gasteiger charge is 2.33. The molecule has 0 aliphatic carbocycles. The predicted octanol–water partition coefficient (Wildman–Crippen LogP) is 1.36. The van der Waals surface area contributed by atoms with Crippen LogP contribution in [-0.4, -0.2) is 30.9 Å². The number of rotatable bonds is 5. The summed E-state index contributed by atoms with van der Waals surface area (Å²) >= 11 is 0. The maximum atomic E-state index is 3.82. The molecule has 3 rings (SSSR count). The van der Waals surface area contributed by atoms with Crippen molar-refractivity contribution in [3.8, 4) is 0 Å². The Morgan fingerprint density at radius 1 is 1.04 bits per heavy atom. The molecule has 0 unspecified atom stereocenters. The first-order valence-corrected chi connectivity index (χ1v) is 9.02. The highest BCUT2D eigenvalue weighted by Crippen LogP contribution is 2.27. The molecule has 0 saturated carbocycles. The molecule has 2 aromatic carbocycles. The van der Waals surface area contributed by atoms with E-state index in [1.165, 1.54) is 47.2 Å². The van der Waals surface area contributed by atoms with E-state index in [9.17, 15) is 0 Å². The fourth-order valence-electron chi connectivity index (χ4n) is 3.87. The first kappa shape index (κ1) is 16.2. The zero-order chi connectivity index (χ0) is 16.4. The zero-order valence-corrected chi connectivity index (χ0v) is 15.0. The molecule has 122 valence electrons. The maximum Gasteiger partial charge on any atom is 0.188 e. The topological polar surface area (TPSA) is 18.4 Å². The first-order chi connectivity index (χ1) is 11.0. The molecule has 0 bridgehead atoms. The van der Waals surface area contributed by atoms with Crippen LogP contribution in [0.1, 0.15) is 45.2 Å². The van der Waals surface area contributed by atoms with Crippen LogP contribution in [0, 0.1) is 0 Å². The van der Waals surface area contributed by atoms with Crippen LogP contribution in [0.2, 0.25) is 0 Å². The molecule has 2 aromatic rings. The smallest absolute Gasteiger partial charge is 0.188 e. The maximum absolute atomic E-state index is 3.82. The van der Waals surface area contributed by atoms with Crippen LogP contribution in [0.25, 0.3) is 10.8 Å². The predicted molar refractivity (Wildman–Crippen MR) is 98.3 cm³/mol. The molecule has 0 aromatic heterocycles. The van der Waals surface area contributed by atoms with Crippen LogP contribution in [0.15, 0.2) is 36.4 Å². The van der Waals surface area contributed by atoms with Crippen LogP contribution >= 0.6 is 0 Å². The number of benzene rings is 2. The van der Waals surface area contributed by atoms with Gasteiger partial charge in [0, 0.05) is 25.8 Å². The van der Waals surface area contributed by atoms with Crippen molar-refractivity contribution in [2.24, 2.45) is 0 Å². The lowest BCUT2D eigenvalue weighted by molar-refractivity contribution is -0.895. The van der Waals surface area contributed by atoms with E-state index in [4.69, 9.17) is 0 Å². The quantitative estimate of drug-likeness (QED) is 0.831. The van der Waals surface area contributed by atoms with E-state index < -0.39 is 0 Å². The van der Waals surface area contributed by atoms with Gasteiger partial charge in [0.1, 0.15) is 0 Å². The third-order valence-electron chi connectivity index (χ3n) is 5.20. The Balaban J connectivity index is 2.00. The third kappa shape index (κ3) is 3.32. The standard InChI is InChI=1S/C21H28N2/c1-5-23(6-2)14-13-20-18-12-11-16-9-7-8-10-17(16)19(18)15-21(3,4)22-20/h7-12H,5-6,13-15H2,1-4H3/p+2. The summed E-state index contributed by atoms with van der Waals surface area (Å²) in [6.07, 6.45) is 2.22. The van der Waals surface area contributed by atoms with Gasteiger partial charge in [0.15, 0.2) is 11.3 Å². The third-order valence-corrected chi connectivity index (χ3v) is 5.20. The highest BCUT2D eigenvalue weighted by molar-refractivity contribution is 6.03. The minimum Gasteiger partial charge on any atom is -0.335 e. The zero-order valence-electron chi connectivity index (χ0n) is 15.0. The van der Waals surface area contributed by atoms with Gasteiger partial charge in [-0.2, -0.15) is 0 Å². The molecule has 0 atom stereocenters. The van der Waals surface area contributed by atoms with Gasteiger partial charge in [0.05, 0.1) is 26.1 Å². The second kappa shape index (κ2) is 6.45. The van der Waals surface area contributed by atoms with Crippen molar-refractivity contribution in [3.63, 3.8) is 0 Å². The number of fused-ring (bicyclic) bond motifs is 3. The van der Waals surface area contributed by atoms with Crippen LogP contribution < -0.4 is 9.89 Å². The van der Waals surface area contributed by atoms with Gasteiger partial charge >= 0.3 is 0 Å². The fraction of sp³-hybridized carbons (Fsp3) is 0.476. The molecule has 2 N–H and O–H groups in total. The lowest BCUT2D eigenvalue weighted by Crippen LogP contribution is -3.11. The van der Waals surface area contributed by atoms with Crippen molar-refractivity contribution < 1.29 is 9.89 Å². The molecule has 0 fully saturated rings. The summed E-state index contributed by atoms with van der Waals surface area (Å²) in [6.45, 7) is 12.8. The molecule has 1 aliphatic rings. The first-order valence-electron chi connectivity index (χ1n) is 9.02. The molecular formula is C21H30N2+2. The Kier molecular flexibility index (Phi) is 4.54. The molecule has 0 spiro atoms. The van der Waals surface area contributed by atoms with Crippen molar-refractivity contribution in [3.05, 3.63) is 47.5 Å². The summed E-state index contributed by atoms with van der Waals surface area (Å²) < 4.78 is 0. The molecular weight excluding hydrogens is 280 g/mol. The second-order valence-corrected chi connectivity index (χ2v) is 7.43. The van der Waals surface area contributed by atoms with Gasteiger partial charge in [0.25, 0.3) is 0 Å². The van der Waals surface area contributed by atoms with E-state index in [1.54, 1.807) is 4.90 Å². The van der Waals surface area contributed by atoms with E-state index in [0.29, 0.717) is 0 Å². The van der Waals surface area contributed by atoms with Gasteiger partial charge in [-0.25, -0.2) is 4.99 Å². The van der Waals surface area contributed by atoms with Crippen molar-refractivity contribution in [2.45, 2.75) is 46.1 Å². The summed E-state index contributed by atoms with van der Waals surface area (Å²) in [5.74, 6) is 0. The number of hydrogen-bond acceptors (Lipinski definition) is 0. The molecule has 0 amide bonds. The van der Waals surface area contributed by atoms with Crippen molar-refractivity contribution in [2.75, 3.05) is 19.6 Å². The molecule has 0 radical (unpaired) electrons. The Morgan fingerprint density at radius 3 is 2.52 bits per heavy atom. The lowest BCUT2D eigenvalue weighted by Gasteiger charge is -2.25. The van der Waals surface area contributed by atoms with Crippen LogP contribution in [0.5, 0.6) is 0 Å². The molecule has 1 heterocycles. The summed E-state index contributed by atoms with van der Waals surface area (Å²) in [5.41, 5.74) is 4.53. The van der Waals surface area contributed by atoms with Crippen molar-refractivity contribution in [1.29, 1.82) is 0 Å². The molecule has 2 nitrogen and oxygen atoms in total. The van der Waals surface area contributed by atoms with E-state index in [0.717, 1.165) is 12.8 Å². The SMILES string of the molecule is CC[NH+](CC)CCC1=[NH+]C(C)(C)Cc2c1ccc1ccccc21. The van der Waals surface area contributed by atoms with Gasteiger partial charge in [0.2, 0.25) is 0 Å². The summed E-state index contributed by atoms with van der Waals surface area (Å²) in [5, 5.41) is 2.78. The Hall–Kier alpha value is -1.67. The lowest BCUT2D eigenvalue weighted by atomic mass is 9.83. The highest BCUT2D eigenvalue weighted by atomic mass is 15.1. The molecule has 0 saturated heterocycles. The monoisotopic (exact) mass is 310 g/mol. The van der Waals surface area contributed by atoms with E-state index in [2.05, 4.69) is 69.1 Å². The minimum atomic E-state index is 0.130. The summed E-state index contributed by atoms with van der Waals surface area (Å²) in [6, 6.07) is 13.4. The molecule has 1 aliphatic heterocycles. The Bertz CT molecular complexity index is 724. The summed E-state index contributed by atoms with van der Waals surface area (Å²) in [7, 11) is 0. The minimum absolute atomic E-state index is 0.130. The van der Waals surface area contributed by atoms with Crippen molar-refractivity contribution >= 4 is 16.5 Å². The van der Waals surface area contributed by atoms with Gasteiger partial charge < -0.3 is 4.90 Å². The van der Waals surface area contributed by atoms with Crippen LogP contribution in [-0.2, 0) is 6.42 Å². The largest absolute Gasteiger partial charge is 0.335 e. The normalized spacial score (nSPS) is 16.5. The van der Waals surface area contributed by atoms with Gasteiger partial charge in [-0.05, 0) is 36.2 Å². The average molecular weight is 310 g/mol. The van der Waals surface area contributed by atoms with Gasteiger partial charge in [-0.3, -0.25) is 0 Å². The van der Waals surface area contributed by atoms with Gasteiger partial charge in [-0.15, -0.1) is 0 Å². The number of nitrogens with one attached hydrogen (secondary N) is 2. The average Bonchev–Trinajstić information content (AvgIpc) is 2.54. The Labute approximate surface area is 140 Å². The number of quaternary nitrogens is 1. The van der Waals surface area contributed by atoms with Crippen molar-refractivity contribution in [1.82, 2.24) is 0 Å². The summed E-state index contributed by atoms with van der Waals surface area (Å²) in [4.78, 5) is 5.49. The Morgan fingerprint density at radius 2 is 1.78 bits per heavy atom. The van der Waals surface area contributed by atoms with Crippen LogP contribution in [0.4, 0.5) is 0 Å². The fourth-order valence-corrected chi connectivity index (χ4v) is 3.87. The van der Waals surface area contributed by atoms with E-state index >= 15 is 0 Å². The number of hydrogen-bond donors (Lipinski definition) is 2. The second-order valence-electron chi connectivity index (χ2n) is 7.43. The van der Waals surface area contributed by atoms with Crippen LogP contribution in [0.3, 0.4) is 0 Å². The molecule has 23 heavy (non-hydrogen) atoms.